The van der Waals surface area contributed by atoms with Crippen molar-refractivity contribution in [3.63, 3.8) is 0 Å². The van der Waals surface area contributed by atoms with Gasteiger partial charge in [0, 0.05) is 12.2 Å². The first-order valence-electron chi connectivity index (χ1n) is 5.50. The van der Waals surface area contributed by atoms with Gasteiger partial charge in [-0.05, 0) is 30.8 Å². The van der Waals surface area contributed by atoms with Gasteiger partial charge in [-0.15, -0.1) is 0 Å². The second-order valence-electron chi connectivity index (χ2n) is 3.92. The standard InChI is InChI=1S/C12H21NO/c1-3-12(4-2)7-5-11(6-8-12)13-9-10-14/h5-7,13-14H,3-4,8-10H2,1-2H3. The molecule has 80 valence electrons. The molecule has 0 amide bonds. The van der Waals surface area contributed by atoms with E-state index in [1.165, 1.54) is 12.8 Å². The fourth-order valence-corrected chi connectivity index (χ4v) is 1.82. The van der Waals surface area contributed by atoms with Crippen LogP contribution in [0, 0.1) is 5.41 Å². The molecule has 1 aliphatic carbocycles. The van der Waals surface area contributed by atoms with Crippen LogP contribution in [0.4, 0.5) is 0 Å². The number of nitrogens with one attached hydrogen (secondary N) is 1. The molecule has 0 spiro atoms. The van der Waals surface area contributed by atoms with Crippen molar-refractivity contribution in [2.45, 2.75) is 33.1 Å². The molecule has 2 N–H and O–H groups in total. The summed E-state index contributed by atoms with van der Waals surface area (Å²) in [7, 11) is 0. The third-order valence-corrected chi connectivity index (χ3v) is 3.19. The predicted octanol–water partition coefficient (Wildman–Crippen LogP) is 2.22. The van der Waals surface area contributed by atoms with Crippen LogP contribution < -0.4 is 5.32 Å². The highest BCUT2D eigenvalue weighted by Gasteiger charge is 2.23. The molecule has 14 heavy (non-hydrogen) atoms. The number of hydrogen-bond acceptors (Lipinski definition) is 2. The largest absolute Gasteiger partial charge is 0.395 e. The Balaban J connectivity index is 2.51. The minimum atomic E-state index is 0.192. The summed E-state index contributed by atoms with van der Waals surface area (Å²) in [5.74, 6) is 0. The number of hydrogen-bond donors (Lipinski definition) is 2. The lowest BCUT2D eigenvalue weighted by atomic mass is 9.76. The van der Waals surface area contributed by atoms with Gasteiger partial charge in [0.25, 0.3) is 0 Å². The lowest BCUT2D eigenvalue weighted by Gasteiger charge is -2.30. The van der Waals surface area contributed by atoms with Crippen LogP contribution in [0.15, 0.2) is 23.9 Å². The molecule has 0 bridgehead atoms. The molecule has 2 heteroatoms. The van der Waals surface area contributed by atoms with Crippen LogP contribution in [0.1, 0.15) is 33.1 Å². The van der Waals surface area contributed by atoms with Crippen molar-refractivity contribution >= 4 is 0 Å². The molecule has 0 saturated carbocycles. The van der Waals surface area contributed by atoms with E-state index in [1.807, 2.05) is 0 Å². The highest BCUT2D eigenvalue weighted by atomic mass is 16.3. The van der Waals surface area contributed by atoms with Crippen LogP contribution in [0.2, 0.25) is 0 Å². The second-order valence-corrected chi connectivity index (χ2v) is 3.92. The zero-order valence-electron chi connectivity index (χ0n) is 9.21. The summed E-state index contributed by atoms with van der Waals surface area (Å²) in [5, 5.41) is 11.9. The maximum Gasteiger partial charge on any atom is 0.0604 e. The normalized spacial score (nSPS) is 19.2. The van der Waals surface area contributed by atoms with Crippen molar-refractivity contribution < 1.29 is 5.11 Å². The van der Waals surface area contributed by atoms with E-state index in [2.05, 4.69) is 37.4 Å². The van der Waals surface area contributed by atoms with Gasteiger partial charge in [0.05, 0.1) is 6.61 Å². The summed E-state index contributed by atoms with van der Waals surface area (Å²) in [5.41, 5.74) is 1.53. The fraction of sp³-hybridized carbons (Fsp3) is 0.667. The van der Waals surface area contributed by atoms with Crippen molar-refractivity contribution in [1.82, 2.24) is 5.32 Å². The van der Waals surface area contributed by atoms with Crippen LogP contribution in [0.5, 0.6) is 0 Å². The molecule has 0 aromatic rings. The highest BCUT2D eigenvalue weighted by Crippen LogP contribution is 2.35. The van der Waals surface area contributed by atoms with Crippen molar-refractivity contribution in [3.8, 4) is 0 Å². The van der Waals surface area contributed by atoms with E-state index in [0.29, 0.717) is 12.0 Å². The molecule has 0 aromatic carbocycles. The molecule has 0 aliphatic heterocycles. The monoisotopic (exact) mass is 195 g/mol. The average molecular weight is 195 g/mol. The third kappa shape index (κ3) is 2.61. The van der Waals surface area contributed by atoms with Crippen LogP contribution >= 0.6 is 0 Å². The Morgan fingerprint density at radius 1 is 1.43 bits per heavy atom. The van der Waals surface area contributed by atoms with E-state index in [4.69, 9.17) is 5.11 Å². The van der Waals surface area contributed by atoms with Crippen LogP contribution in [0.25, 0.3) is 0 Å². The molecule has 2 nitrogen and oxygen atoms in total. The molecule has 0 unspecified atom stereocenters. The van der Waals surface area contributed by atoms with Crippen molar-refractivity contribution in [1.29, 1.82) is 0 Å². The molecular formula is C12H21NO. The number of aliphatic hydroxyl groups is 1. The Kier molecular flexibility index (Phi) is 4.21. The van der Waals surface area contributed by atoms with Gasteiger partial charge in [0.2, 0.25) is 0 Å². The summed E-state index contributed by atoms with van der Waals surface area (Å²) < 4.78 is 0. The van der Waals surface area contributed by atoms with Gasteiger partial charge in [0.1, 0.15) is 0 Å². The molecule has 0 radical (unpaired) electrons. The van der Waals surface area contributed by atoms with Crippen molar-refractivity contribution in [2.75, 3.05) is 13.2 Å². The fourth-order valence-electron chi connectivity index (χ4n) is 1.82. The molecule has 0 aromatic heterocycles. The Morgan fingerprint density at radius 3 is 2.57 bits per heavy atom. The number of aliphatic hydroxyl groups excluding tert-OH is 1. The highest BCUT2D eigenvalue weighted by molar-refractivity contribution is 5.25. The van der Waals surface area contributed by atoms with Gasteiger partial charge in [-0.2, -0.15) is 0 Å². The first kappa shape index (κ1) is 11.3. The summed E-state index contributed by atoms with van der Waals surface area (Å²) >= 11 is 0. The van der Waals surface area contributed by atoms with Crippen LogP contribution in [-0.4, -0.2) is 18.3 Å². The van der Waals surface area contributed by atoms with E-state index < -0.39 is 0 Å². The molecule has 0 saturated heterocycles. The summed E-state index contributed by atoms with van der Waals surface area (Å²) in [6.45, 7) is 5.32. The molecule has 1 aliphatic rings. The lowest BCUT2D eigenvalue weighted by Crippen LogP contribution is -2.22. The zero-order valence-corrected chi connectivity index (χ0v) is 9.21. The van der Waals surface area contributed by atoms with E-state index in [9.17, 15) is 0 Å². The Labute approximate surface area is 86.7 Å². The smallest absolute Gasteiger partial charge is 0.0604 e. The second kappa shape index (κ2) is 5.20. The van der Waals surface area contributed by atoms with Gasteiger partial charge < -0.3 is 10.4 Å². The van der Waals surface area contributed by atoms with Crippen LogP contribution in [0.3, 0.4) is 0 Å². The van der Waals surface area contributed by atoms with E-state index in [-0.39, 0.29) is 6.61 Å². The SMILES string of the molecule is CCC1(CC)C=CC(NCCO)=CC1. The zero-order chi connectivity index (χ0) is 10.4. The molecule has 1 rings (SSSR count). The van der Waals surface area contributed by atoms with Gasteiger partial charge in [-0.3, -0.25) is 0 Å². The predicted molar refractivity (Wildman–Crippen MR) is 59.9 cm³/mol. The summed E-state index contributed by atoms with van der Waals surface area (Å²) in [4.78, 5) is 0. The molecular weight excluding hydrogens is 174 g/mol. The quantitative estimate of drug-likeness (QED) is 0.705. The maximum absolute atomic E-state index is 8.68. The van der Waals surface area contributed by atoms with Gasteiger partial charge in [-0.25, -0.2) is 0 Å². The van der Waals surface area contributed by atoms with E-state index >= 15 is 0 Å². The minimum Gasteiger partial charge on any atom is -0.395 e. The number of allylic oxidation sites excluding steroid dienone is 3. The first-order chi connectivity index (χ1) is 6.76. The minimum absolute atomic E-state index is 0.192. The van der Waals surface area contributed by atoms with Gasteiger partial charge >= 0.3 is 0 Å². The topological polar surface area (TPSA) is 32.3 Å². The molecule has 0 fully saturated rings. The van der Waals surface area contributed by atoms with Gasteiger partial charge in [0.15, 0.2) is 0 Å². The van der Waals surface area contributed by atoms with E-state index in [1.54, 1.807) is 0 Å². The number of rotatable bonds is 5. The average Bonchev–Trinajstić information content (AvgIpc) is 2.27. The first-order valence-corrected chi connectivity index (χ1v) is 5.50. The summed E-state index contributed by atoms with van der Waals surface area (Å²) in [6.07, 6.45) is 10.2. The Hall–Kier alpha value is -0.760. The summed E-state index contributed by atoms with van der Waals surface area (Å²) in [6, 6.07) is 0. The lowest BCUT2D eigenvalue weighted by molar-refractivity contribution is 0.296. The maximum atomic E-state index is 8.68. The van der Waals surface area contributed by atoms with Crippen molar-refractivity contribution in [2.24, 2.45) is 5.41 Å². The van der Waals surface area contributed by atoms with E-state index in [0.717, 1.165) is 12.1 Å². The molecule has 0 heterocycles. The van der Waals surface area contributed by atoms with Crippen LogP contribution in [-0.2, 0) is 0 Å². The third-order valence-electron chi connectivity index (χ3n) is 3.19. The van der Waals surface area contributed by atoms with Gasteiger partial charge in [-0.1, -0.05) is 26.0 Å². The van der Waals surface area contributed by atoms with Crippen molar-refractivity contribution in [3.05, 3.63) is 23.9 Å². The Bertz CT molecular complexity index is 226. The molecule has 0 atom stereocenters. The Morgan fingerprint density at radius 2 is 2.14 bits per heavy atom.